The van der Waals surface area contributed by atoms with Crippen molar-refractivity contribution >= 4 is 21.6 Å². The number of hydrogen-bond acceptors (Lipinski definition) is 2. The van der Waals surface area contributed by atoms with Gasteiger partial charge in [0, 0.05) is 23.8 Å². The molecule has 1 aromatic carbocycles. The number of rotatable bonds is 5. The SMILES string of the molecule is CCC(CN)CN(C)c1ccc(Br)cc1. The van der Waals surface area contributed by atoms with Crippen LogP contribution in [0, 0.1) is 5.92 Å². The molecular formula is C12H19BrN2. The van der Waals surface area contributed by atoms with Crippen molar-refractivity contribution in [1.82, 2.24) is 0 Å². The van der Waals surface area contributed by atoms with Crippen LogP contribution in [0.3, 0.4) is 0 Å². The summed E-state index contributed by atoms with van der Waals surface area (Å²) >= 11 is 3.43. The van der Waals surface area contributed by atoms with Crippen LogP contribution < -0.4 is 10.6 Å². The predicted octanol–water partition coefficient (Wildman–Crippen LogP) is 2.87. The van der Waals surface area contributed by atoms with Crippen LogP contribution in [0.25, 0.3) is 0 Å². The first-order chi connectivity index (χ1) is 7.17. The summed E-state index contributed by atoms with van der Waals surface area (Å²) in [5.41, 5.74) is 6.94. The number of nitrogens with zero attached hydrogens (tertiary/aromatic N) is 1. The Morgan fingerprint density at radius 1 is 1.33 bits per heavy atom. The average molecular weight is 271 g/mol. The standard InChI is InChI=1S/C12H19BrN2/c1-3-10(8-14)9-15(2)12-6-4-11(13)5-7-12/h4-7,10H,3,8-9,14H2,1-2H3. The molecule has 0 spiro atoms. The summed E-state index contributed by atoms with van der Waals surface area (Å²) in [6.45, 7) is 3.97. The van der Waals surface area contributed by atoms with Gasteiger partial charge in [-0.15, -0.1) is 0 Å². The molecule has 1 atom stereocenters. The van der Waals surface area contributed by atoms with Gasteiger partial charge in [0.05, 0.1) is 0 Å². The average Bonchev–Trinajstić information content (AvgIpc) is 2.26. The molecule has 0 fully saturated rings. The van der Waals surface area contributed by atoms with Crippen molar-refractivity contribution in [1.29, 1.82) is 0 Å². The first-order valence-corrected chi connectivity index (χ1v) is 6.13. The van der Waals surface area contributed by atoms with Crippen molar-refractivity contribution in [3.05, 3.63) is 28.7 Å². The molecule has 0 aliphatic carbocycles. The van der Waals surface area contributed by atoms with E-state index in [1.165, 1.54) is 5.69 Å². The molecule has 0 radical (unpaired) electrons. The third-order valence-electron chi connectivity index (χ3n) is 2.71. The van der Waals surface area contributed by atoms with Gasteiger partial charge in [0.15, 0.2) is 0 Å². The highest BCUT2D eigenvalue weighted by molar-refractivity contribution is 9.10. The van der Waals surface area contributed by atoms with E-state index in [1.54, 1.807) is 0 Å². The largest absolute Gasteiger partial charge is 0.374 e. The highest BCUT2D eigenvalue weighted by Crippen LogP contribution is 2.18. The van der Waals surface area contributed by atoms with Crippen LogP contribution in [0.15, 0.2) is 28.7 Å². The molecule has 1 rings (SSSR count). The molecule has 2 N–H and O–H groups in total. The zero-order valence-corrected chi connectivity index (χ0v) is 11.0. The van der Waals surface area contributed by atoms with Crippen LogP contribution in [0.1, 0.15) is 13.3 Å². The second-order valence-electron chi connectivity index (χ2n) is 3.87. The minimum atomic E-state index is 0.582. The number of anilines is 1. The summed E-state index contributed by atoms with van der Waals surface area (Å²) < 4.78 is 1.12. The van der Waals surface area contributed by atoms with Crippen molar-refractivity contribution in [3.8, 4) is 0 Å². The van der Waals surface area contributed by atoms with Gasteiger partial charge >= 0.3 is 0 Å². The summed E-state index contributed by atoms with van der Waals surface area (Å²) in [5.74, 6) is 0.582. The Balaban J connectivity index is 2.60. The molecule has 84 valence electrons. The van der Waals surface area contributed by atoms with E-state index in [-0.39, 0.29) is 0 Å². The minimum Gasteiger partial charge on any atom is -0.374 e. The first-order valence-electron chi connectivity index (χ1n) is 5.34. The minimum absolute atomic E-state index is 0.582. The molecule has 1 unspecified atom stereocenters. The van der Waals surface area contributed by atoms with E-state index in [0.717, 1.165) is 24.0 Å². The molecule has 0 heterocycles. The van der Waals surface area contributed by atoms with E-state index in [1.807, 2.05) is 0 Å². The zero-order chi connectivity index (χ0) is 11.3. The molecule has 0 amide bonds. The molecule has 3 heteroatoms. The second-order valence-corrected chi connectivity index (χ2v) is 4.78. The fourth-order valence-corrected chi connectivity index (χ4v) is 1.82. The Bertz CT molecular complexity index is 280. The van der Waals surface area contributed by atoms with E-state index in [0.29, 0.717) is 5.92 Å². The monoisotopic (exact) mass is 270 g/mol. The van der Waals surface area contributed by atoms with Crippen molar-refractivity contribution < 1.29 is 0 Å². The lowest BCUT2D eigenvalue weighted by atomic mass is 10.1. The topological polar surface area (TPSA) is 29.3 Å². The molecule has 0 saturated heterocycles. The van der Waals surface area contributed by atoms with Crippen LogP contribution in [0.5, 0.6) is 0 Å². The molecule has 15 heavy (non-hydrogen) atoms. The van der Waals surface area contributed by atoms with Crippen LogP contribution in [-0.2, 0) is 0 Å². The Morgan fingerprint density at radius 3 is 2.40 bits per heavy atom. The summed E-state index contributed by atoms with van der Waals surface area (Å²) in [4.78, 5) is 2.26. The highest BCUT2D eigenvalue weighted by atomic mass is 79.9. The van der Waals surface area contributed by atoms with Gasteiger partial charge in [0.25, 0.3) is 0 Å². The summed E-state index contributed by atoms with van der Waals surface area (Å²) in [6, 6.07) is 8.37. The fraction of sp³-hybridized carbons (Fsp3) is 0.500. The summed E-state index contributed by atoms with van der Waals surface area (Å²) in [7, 11) is 2.11. The van der Waals surface area contributed by atoms with Crippen LogP contribution >= 0.6 is 15.9 Å². The Labute approximate surface area is 101 Å². The van der Waals surface area contributed by atoms with Crippen molar-refractivity contribution in [2.24, 2.45) is 11.7 Å². The molecule has 0 bridgehead atoms. The normalized spacial score (nSPS) is 12.5. The van der Waals surface area contributed by atoms with Crippen molar-refractivity contribution in [2.75, 3.05) is 25.0 Å². The smallest absolute Gasteiger partial charge is 0.0364 e. The number of halogens is 1. The molecule has 0 saturated carbocycles. The molecule has 0 aliphatic heterocycles. The van der Waals surface area contributed by atoms with Gasteiger partial charge in [-0.2, -0.15) is 0 Å². The van der Waals surface area contributed by atoms with E-state index < -0.39 is 0 Å². The first kappa shape index (κ1) is 12.5. The van der Waals surface area contributed by atoms with E-state index >= 15 is 0 Å². The molecule has 1 aromatic rings. The van der Waals surface area contributed by atoms with Gasteiger partial charge in [-0.25, -0.2) is 0 Å². The van der Waals surface area contributed by atoms with Crippen LogP contribution in [0.2, 0.25) is 0 Å². The van der Waals surface area contributed by atoms with E-state index in [9.17, 15) is 0 Å². The van der Waals surface area contributed by atoms with Crippen LogP contribution in [-0.4, -0.2) is 20.1 Å². The Kier molecular flexibility index (Phi) is 5.12. The lowest BCUT2D eigenvalue weighted by Gasteiger charge is -2.24. The zero-order valence-electron chi connectivity index (χ0n) is 9.41. The van der Waals surface area contributed by atoms with Gasteiger partial charge < -0.3 is 10.6 Å². The Hall–Kier alpha value is -0.540. The molecule has 2 nitrogen and oxygen atoms in total. The van der Waals surface area contributed by atoms with Crippen molar-refractivity contribution in [3.63, 3.8) is 0 Å². The maximum atomic E-state index is 5.70. The van der Waals surface area contributed by atoms with Crippen molar-refractivity contribution in [2.45, 2.75) is 13.3 Å². The lowest BCUT2D eigenvalue weighted by molar-refractivity contribution is 0.521. The fourth-order valence-electron chi connectivity index (χ4n) is 1.56. The van der Waals surface area contributed by atoms with E-state index in [2.05, 4.69) is 59.1 Å². The lowest BCUT2D eigenvalue weighted by Crippen LogP contribution is -2.29. The molecule has 0 aromatic heterocycles. The number of benzene rings is 1. The highest BCUT2D eigenvalue weighted by Gasteiger charge is 2.08. The summed E-state index contributed by atoms with van der Waals surface area (Å²) in [6.07, 6.45) is 1.14. The third kappa shape index (κ3) is 3.84. The maximum absolute atomic E-state index is 5.70. The molecular weight excluding hydrogens is 252 g/mol. The van der Waals surface area contributed by atoms with Gasteiger partial charge in [0.2, 0.25) is 0 Å². The van der Waals surface area contributed by atoms with Gasteiger partial charge in [-0.05, 0) is 36.7 Å². The third-order valence-corrected chi connectivity index (χ3v) is 3.24. The molecule has 0 aliphatic rings. The summed E-state index contributed by atoms with van der Waals surface area (Å²) in [5, 5.41) is 0. The van der Waals surface area contributed by atoms with Gasteiger partial charge in [-0.3, -0.25) is 0 Å². The van der Waals surface area contributed by atoms with E-state index in [4.69, 9.17) is 5.73 Å². The Morgan fingerprint density at radius 2 is 1.93 bits per heavy atom. The maximum Gasteiger partial charge on any atom is 0.0364 e. The number of nitrogens with two attached hydrogens (primary N) is 1. The van der Waals surface area contributed by atoms with Gasteiger partial charge in [-0.1, -0.05) is 29.3 Å². The van der Waals surface area contributed by atoms with Crippen LogP contribution in [0.4, 0.5) is 5.69 Å². The number of hydrogen-bond donors (Lipinski definition) is 1. The van der Waals surface area contributed by atoms with Gasteiger partial charge in [0.1, 0.15) is 0 Å². The second kappa shape index (κ2) is 6.13. The predicted molar refractivity (Wildman–Crippen MR) is 70.2 cm³/mol. The quantitative estimate of drug-likeness (QED) is 0.892.